The molecule has 0 aliphatic heterocycles. The van der Waals surface area contributed by atoms with Crippen molar-refractivity contribution in [2.24, 2.45) is 11.6 Å². The number of benzene rings is 1. The topological polar surface area (TPSA) is 110 Å². The summed E-state index contributed by atoms with van der Waals surface area (Å²) in [4.78, 5) is 22.1. The molecule has 0 bridgehead atoms. The molecule has 6 N–H and O–H groups in total. The molecule has 7 heteroatoms. The van der Waals surface area contributed by atoms with Gasteiger partial charge in [0.1, 0.15) is 5.82 Å². The van der Waals surface area contributed by atoms with Crippen LogP contribution >= 0.6 is 0 Å². The van der Waals surface area contributed by atoms with Gasteiger partial charge in [-0.1, -0.05) is 6.07 Å². The van der Waals surface area contributed by atoms with Gasteiger partial charge in [-0.25, -0.2) is 4.39 Å². The smallest absolute Gasteiger partial charge is 0.253 e. The van der Waals surface area contributed by atoms with Crippen molar-refractivity contribution in [3.63, 3.8) is 0 Å². The normalized spacial score (nSPS) is 9.76. The lowest BCUT2D eigenvalue weighted by atomic mass is 10.1. The van der Waals surface area contributed by atoms with Crippen LogP contribution < -0.4 is 22.3 Å². The number of hydrazine groups is 1. The first-order valence-electron chi connectivity index (χ1n) is 4.88. The zero-order chi connectivity index (χ0) is 12.8. The van der Waals surface area contributed by atoms with Gasteiger partial charge in [0, 0.05) is 13.0 Å². The SMILES string of the molecule is NNc1c(F)cccc1C(=O)NCCC(N)=O. The van der Waals surface area contributed by atoms with Gasteiger partial charge in [0.25, 0.3) is 5.91 Å². The minimum atomic E-state index is -0.630. The van der Waals surface area contributed by atoms with Crippen molar-refractivity contribution in [2.75, 3.05) is 12.0 Å². The third kappa shape index (κ3) is 3.42. The van der Waals surface area contributed by atoms with Crippen molar-refractivity contribution in [1.29, 1.82) is 0 Å². The third-order valence-corrected chi connectivity index (χ3v) is 2.06. The Morgan fingerprint density at radius 3 is 2.65 bits per heavy atom. The Labute approximate surface area is 97.1 Å². The van der Waals surface area contributed by atoms with Crippen molar-refractivity contribution in [1.82, 2.24) is 5.32 Å². The van der Waals surface area contributed by atoms with E-state index in [2.05, 4.69) is 10.7 Å². The molecule has 1 aromatic rings. The quantitative estimate of drug-likeness (QED) is 0.419. The summed E-state index contributed by atoms with van der Waals surface area (Å²) >= 11 is 0. The summed E-state index contributed by atoms with van der Waals surface area (Å²) in [6.45, 7) is 0.0920. The molecule has 0 radical (unpaired) electrons. The first kappa shape index (κ1) is 12.9. The predicted molar refractivity (Wildman–Crippen MR) is 60.4 cm³/mol. The van der Waals surface area contributed by atoms with Crippen LogP contribution in [0.3, 0.4) is 0 Å². The Hall–Kier alpha value is -2.15. The number of carbonyl (C=O) groups is 2. The summed E-state index contributed by atoms with van der Waals surface area (Å²) < 4.78 is 13.3. The van der Waals surface area contributed by atoms with E-state index in [0.29, 0.717) is 0 Å². The predicted octanol–water partition coefficient (Wildman–Crippen LogP) is -0.284. The molecule has 1 aromatic carbocycles. The molecule has 0 aliphatic rings. The third-order valence-electron chi connectivity index (χ3n) is 2.06. The van der Waals surface area contributed by atoms with Gasteiger partial charge < -0.3 is 16.5 Å². The number of nitrogen functional groups attached to an aromatic ring is 1. The van der Waals surface area contributed by atoms with Gasteiger partial charge in [-0.15, -0.1) is 0 Å². The monoisotopic (exact) mass is 240 g/mol. The standard InChI is InChI=1S/C10H13FN4O2/c11-7-3-1-2-6(9(7)15-13)10(17)14-5-4-8(12)16/h1-3,15H,4-5,13H2,(H2,12,16)(H,14,17). The summed E-state index contributed by atoms with van der Waals surface area (Å²) in [7, 11) is 0. The molecule has 0 fully saturated rings. The average molecular weight is 240 g/mol. The fourth-order valence-corrected chi connectivity index (χ4v) is 1.25. The Morgan fingerprint density at radius 2 is 2.06 bits per heavy atom. The summed E-state index contributed by atoms with van der Waals surface area (Å²) in [5, 5.41) is 2.43. The van der Waals surface area contributed by atoms with E-state index in [1.165, 1.54) is 18.2 Å². The van der Waals surface area contributed by atoms with Crippen LogP contribution in [0.5, 0.6) is 0 Å². The lowest BCUT2D eigenvalue weighted by molar-refractivity contribution is -0.117. The van der Waals surface area contributed by atoms with Gasteiger partial charge in [0.15, 0.2) is 0 Å². The van der Waals surface area contributed by atoms with Crippen LogP contribution in [-0.2, 0) is 4.79 Å². The van der Waals surface area contributed by atoms with Crippen molar-refractivity contribution >= 4 is 17.5 Å². The number of anilines is 1. The second kappa shape index (κ2) is 5.80. The van der Waals surface area contributed by atoms with Gasteiger partial charge in [0.05, 0.1) is 11.3 Å². The van der Waals surface area contributed by atoms with E-state index in [-0.39, 0.29) is 24.2 Å². The number of rotatable bonds is 5. The first-order valence-corrected chi connectivity index (χ1v) is 4.88. The molecule has 0 saturated carbocycles. The number of primary amides is 1. The van der Waals surface area contributed by atoms with E-state index in [4.69, 9.17) is 11.6 Å². The minimum absolute atomic E-state index is 0.0203. The van der Waals surface area contributed by atoms with Crippen LogP contribution in [0.2, 0.25) is 0 Å². The molecule has 17 heavy (non-hydrogen) atoms. The number of nitrogens with one attached hydrogen (secondary N) is 2. The number of hydrogen-bond donors (Lipinski definition) is 4. The highest BCUT2D eigenvalue weighted by molar-refractivity contribution is 5.99. The highest BCUT2D eigenvalue weighted by Gasteiger charge is 2.13. The highest BCUT2D eigenvalue weighted by atomic mass is 19.1. The molecule has 6 nitrogen and oxygen atoms in total. The van der Waals surface area contributed by atoms with E-state index in [0.717, 1.165) is 0 Å². The molecular formula is C10H13FN4O2. The van der Waals surface area contributed by atoms with E-state index in [9.17, 15) is 14.0 Å². The molecule has 1 rings (SSSR count). The fraction of sp³-hybridized carbons (Fsp3) is 0.200. The number of nitrogens with two attached hydrogens (primary N) is 2. The molecule has 0 saturated heterocycles. The van der Waals surface area contributed by atoms with Gasteiger partial charge in [-0.05, 0) is 12.1 Å². The van der Waals surface area contributed by atoms with Gasteiger partial charge in [-0.2, -0.15) is 0 Å². The van der Waals surface area contributed by atoms with Crippen LogP contribution in [0.1, 0.15) is 16.8 Å². The maximum Gasteiger partial charge on any atom is 0.253 e. The largest absolute Gasteiger partial charge is 0.370 e. The molecule has 0 atom stereocenters. The molecule has 0 aliphatic carbocycles. The van der Waals surface area contributed by atoms with Crippen molar-refractivity contribution in [3.05, 3.63) is 29.6 Å². The molecule has 92 valence electrons. The summed E-state index contributed by atoms with van der Waals surface area (Å²) in [6.07, 6.45) is 0.0203. The number of halogens is 1. The molecule has 0 aromatic heterocycles. The summed E-state index contributed by atoms with van der Waals surface area (Å²) in [5.41, 5.74) is 7.00. The second-order valence-corrected chi connectivity index (χ2v) is 3.28. The van der Waals surface area contributed by atoms with Crippen LogP contribution in [0.25, 0.3) is 0 Å². The molecule has 0 spiro atoms. The number of para-hydroxylation sites is 1. The van der Waals surface area contributed by atoms with Crippen molar-refractivity contribution < 1.29 is 14.0 Å². The zero-order valence-corrected chi connectivity index (χ0v) is 9.00. The zero-order valence-electron chi connectivity index (χ0n) is 9.00. The maximum absolute atomic E-state index is 13.3. The van der Waals surface area contributed by atoms with Gasteiger partial charge in [-0.3, -0.25) is 15.4 Å². The second-order valence-electron chi connectivity index (χ2n) is 3.28. The number of carbonyl (C=O) groups excluding carboxylic acids is 2. The molecule has 0 unspecified atom stereocenters. The van der Waals surface area contributed by atoms with Crippen LogP contribution in [0.15, 0.2) is 18.2 Å². The first-order chi connectivity index (χ1) is 8.06. The van der Waals surface area contributed by atoms with Crippen LogP contribution in [0.4, 0.5) is 10.1 Å². The lowest BCUT2D eigenvalue weighted by Crippen LogP contribution is -2.29. The number of hydrogen-bond acceptors (Lipinski definition) is 4. The average Bonchev–Trinajstić information content (AvgIpc) is 2.28. The number of amides is 2. The van der Waals surface area contributed by atoms with Crippen LogP contribution in [0, 0.1) is 5.82 Å². The minimum Gasteiger partial charge on any atom is -0.370 e. The Morgan fingerprint density at radius 1 is 1.35 bits per heavy atom. The van der Waals surface area contributed by atoms with Crippen molar-refractivity contribution in [2.45, 2.75) is 6.42 Å². The molecule has 0 heterocycles. The van der Waals surface area contributed by atoms with Gasteiger partial charge >= 0.3 is 0 Å². The highest BCUT2D eigenvalue weighted by Crippen LogP contribution is 2.18. The fourth-order valence-electron chi connectivity index (χ4n) is 1.25. The van der Waals surface area contributed by atoms with E-state index < -0.39 is 17.6 Å². The summed E-state index contributed by atoms with van der Waals surface area (Å²) in [5.74, 6) is 3.44. The Kier molecular flexibility index (Phi) is 4.41. The van der Waals surface area contributed by atoms with E-state index in [1.54, 1.807) is 0 Å². The van der Waals surface area contributed by atoms with Crippen molar-refractivity contribution in [3.8, 4) is 0 Å². The van der Waals surface area contributed by atoms with Crippen LogP contribution in [-0.4, -0.2) is 18.4 Å². The van der Waals surface area contributed by atoms with E-state index >= 15 is 0 Å². The molecule has 2 amide bonds. The Bertz CT molecular complexity index is 436. The maximum atomic E-state index is 13.3. The Balaban J connectivity index is 2.75. The van der Waals surface area contributed by atoms with E-state index in [1.807, 2.05) is 0 Å². The summed E-state index contributed by atoms with van der Waals surface area (Å²) in [6, 6.07) is 3.98. The van der Waals surface area contributed by atoms with Gasteiger partial charge in [0.2, 0.25) is 5.91 Å². The molecular weight excluding hydrogens is 227 g/mol. The lowest BCUT2D eigenvalue weighted by Gasteiger charge is -2.09.